The molecule has 0 spiro atoms. The van der Waals surface area contributed by atoms with Gasteiger partial charge in [-0.1, -0.05) is 58.0 Å². The summed E-state index contributed by atoms with van der Waals surface area (Å²) < 4.78 is 0. The second kappa shape index (κ2) is 6.72. The van der Waals surface area contributed by atoms with Crippen LogP contribution in [0.2, 0.25) is 0 Å². The summed E-state index contributed by atoms with van der Waals surface area (Å²) in [5, 5.41) is 11.8. The monoisotopic (exact) mass is 292 g/mol. The Kier molecular flexibility index (Phi) is 5.49. The molecule has 0 bridgehead atoms. The van der Waals surface area contributed by atoms with Crippen LogP contribution >= 0.6 is 0 Å². The van der Waals surface area contributed by atoms with E-state index >= 15 is 0 Å². The summed E-state index contributed by atoms with van der Waals surface area (Å²) >= 11 is 0. The highest BCUT2D eigenvalue weighted by molar-refractivity contribution is 5.85. The van der Waals surface area contributed by atoms with Crippen LogP contribution < -0.4 is 11.1 Å². The Balaban J connectivity index is 2.81. The highest BCUT2D eigenvalue weighted by Crippen LogP contribution is 2.23. The first-order valence-electron chi connectivity index (χ1n) is 6.98. The number of carboxylic acid groups (broad SMARTS) is 1. The summed E-state index contributed by atoms with van der Waals surface area (Å²) in [6.07, 6.45) is 0. The molecule has 116 valence electrons. The number of hydrogen-bond donors (Lipinski definition) is 3. The van der Waals surface area contributed by atoms with E-state index in [1.54, 1.807) is 27.7 Å². The lowest BCUT2D eigenvalue weighted by atomic mass is 9.86. The van der Waals surface area contributed by atoms with Crippen LogP contribution in [0.4, 0.5) is 0 Å². The van der Waals surface area contributed by atoms with Gasteiger partial charge in [0, 0.05) is 6.04 Å². The van der Waals surface area contributed by atoms with E-state index in [1.165, 1.54) is 0 Å². The molecule has 21 heavy (non-hydrogen) atoms. The number of benzene rings is 1. The molecular formula is C16H24N2O3. The third kappa shape index (κ3) is 4.56. The smallest absolute Gasteiger partial charge is 0.326 e. The molecule has 3 atom stereocenters. The highest BCUT2D eigenvalue weighted by Gasteiger charge is 2.34. The lowest BCUT2D eigenvalue weighted by Gasteiger charge is -2.30. The maximum absolute atomic E-state index is 12.3. The zero-order valence-electron chi connectivity index (χ0n) is 13.0. The van der Waals surface area contributed by atoms with Gasteiger partial charge in [-0.25, -0.2) is 4.79 Å². The van der Waals surface area contributed by atoms with Gasteiger partial charge in [0.1, 0.15) is 6.04 Å². The molecule has 1 rings (SSSR count). The molecule has 5 heteroatoms. The number of aliphatic carboxylic acids is 1. The molecule has 0 saturated carbocycles. The summed E-state index contributed by atoms with van der Waals surface area (Å²) in [5.74, 6) is -1.92. The molecule has 0 aliphatic heterocycles. The average molecular weight is 292 g/mol. The topological polar surface area (TPSA) is 92.4 Å². The summed E-state index contributed by atoms with van der Waals surface area (Å²) in [6.45, 7) is 7.02. The van der Waals surface area contributed by atoms with Gasteiger partial charge in [-0.3, -0.25) is 4.79 Å². The van der Waals surface area contributed by atoms with Crippen molar-refractivity contribution in [1.82, 2.24) is 5.32 Å². The number of carbonyl (C=O) groups excluding carboxylic acids is 1. The van der Waals surface area contributed by atoms with Gasteiger partial charge in [-0.05, 0) is 11.0 Å². The van der Waals surface area contributed by atoms with Crippen molar-refractivity contribution >= 4 is 11.9 Å². The molecule has 0 saturated heterocycles. The normalized spacial score (nSPS) is 15.9. The Bertz CT molecular complexity index is 494. The van der Waals surface area contributed by atoms with Crippen molar-refractivity contribution in [1.29, 1.82) is 0 Å². The van der Waals surface area contributed by atoms with Crippen LogP contribution in [0.25, 0.3) is 0 Å². The van der Waals surface area contributed by atoms with Crippen LogP contribution in [0, 0.1) is 11.3 Å². The Morgan fingerprint density at radius 1 is 1.19 bits per heavy atom. The largest absolute Gasteiger partial charge is 0.480 e. The zero-order valence-corrected chi connectivity index (χ0v) is 13.0. The van der Waals surface area contributed by atoms with E-state index in [1.807, 2.05) is 30.3 Å². The van der Waals surface area contributed by atoms with Crippen molar-refractivity contribution < 1.29 is 14.7 Å². The van der Waals surface area contributed by atoms with E-state index in [0.29, 0.717) is 0 Å². The van der Waals surface area contributed by atoms with Crippen molar-refractivity contribution in [3.63, 3.8) is 0 Å². The molecule has 0 fully saturated rings. The van der Waals surface area contributed by atoms with Gasteiger partial charge in [-0.2, -0.15) is 0 Å². The Hall–Kier alpha value is -1.88. The first-order valence-corrected chi connectivity index (χ1v) is 6.98. The second-order valence-electron chi connectivity index (χ2n) is 6.37. The lowest BCUT2D eigenvalue weighted by Crippen LogP contribution is -2.51. The number of nitrogens with one attached hydrogen (secondary N) is 1. The van der Waals surface area contributed by atoms with Crippen molar-refractivity contribution in [3.8, 4) is 0 Å². The van der Waals surface area contributed by atoms with E-state index < -0.39 is 29.4 Å². The van der Waals surface area contributed by atoms with Gasteiger partial charge in [-0.15, -0.1) is 0 Å². The van der Waals surface area contributed by atoms with Gasteiger partial charge < -0.3 is 16.2 Å². The van der Waals surface area contributed by atoms with Gasteiger partial charge >= 0.3 is 5.97 Å². The van der Waals surface area contributed by atoms with Gasteiger partial charge in [0.05, 0.1) is 5.92 Å². The molecule has 4 N–H and O–H groups in total. The maximum Gasteiger partial charge on any atom is 0.326 e. The Morgan fingerprint density at radius 2 is 1.71 bits per heavy atom. The SMILES string of the molecule is CC(C(=O)N[C@H](C(=O)O)C(C)(C)C)C(N)c1ccccc1. The van der Waals surface area contributed by atoms with E-state index in [4.69, 9.17) is 5.73 Å². The van der Waals surface area contributed by atoms with Crippen LogP contribution in [-0.2, 0) is 9.59 Å². The number of carboxylic acids is 1. The predicted octanol–water partition coefficient (Wildman–Crippen LogP) is 1.94. The predicted molar refractivity (Wildman–Crippen MR) is 81.6 cm³/mol. The summed E-state index contributed by atoms with van der Waals surface area (Å²) in [5.41, 5.74) is 6.37. The van der Waals surface area contributed by atoms with Crippen molar-refractivity contribution in [2.24, 2.45) is 17.1 Å². The van der Waals surface area contributed by atoms with Crippen LogP contribution in [0.1, 0.15) is 39.3 Å². The molecule has 1 amide bonds. The molecule has 1 aromatic carbocycles. The molecule has 0 aliphatic rings. The highest BCUT2D eigenvalue weighted by atomic mass is 16.4. The van der Waals surface area contributed by atoms with E-state index in [-0.39, 0.29) is 5.91 Å². The molecule has 2 unspecified atom stereocenters. The van der Waals surface area contributed by atoms with Crippen molar-refractivity contribution in [3.05, 3.63) is 35.9 Å². The molecule has 0 heterocycles. The molecular weight excluding hydrogens is 268 g/mol. The number of carbonyl (C=O) groups is 2. The summed E-state index contributed by atoms with van der Waals surface area (Å²) in [7, 11) is 0. The third-order valence-electron chi connectivity index (χ3n) is 3.54. The average Bonchev–Trinajstić information content (AvgIpc) is 2.42. The molecule has 1 aromatic rings. The fraction of sp³-hybridized carbons (Fsp3) is 0.500. The Labute approximate surface area is 125 Å². The van der Waals surface area contributed by atoms with Crippen molar-refractivity contribution in [2.75, 3.05) is 0 Å². The molecule has 0 radical (unpaired) electrons. The lowest BCUT2D eigenvalue weighted by molar-refractivity contribution is -0.145. The van der Waals surface area contributed by atoms with Gasteiger partial charge in [0.15, 0.2) is 0 Å². The minimum absolute atomic E-state index is 0.353. The first kappa shape index (κ1) is 17.2. The first-order chi connectivity index (χ1) is 9.64. The Morgan fingerprint density at radius 3 is 2.14 bits per heavy atom. The number of nitrogens with two attached hydrogens (primary N) is 1. The standard InChI is InChI=1S/C16H24N2O3/c1-10(12(17)11-8-6-5-7-9-11)14(19)18-13(15(20)21)16(2,3)4/h5-10,12-13H,17H2,1-4H3,(H,18,19)(H,20,21)/t10?,12?,13-/m1/s1. The molecule has 0 aromatic heterocycles. The third-order valence-corrected chi connectivity index (χ3v) is 3.54. The minimum Gasteiger partial charge on any atom is -0.480 e. The number of rotatable bonds is 5. The zero-order chi connectivity index (χ0) is 16.2. The van der Waals surface area contributed by atoms with Gasteiger partial charge in [0.25, 0.3) is 0 Å². The second-order valence-corrected chi connectivity index (χ2v) is 6.37. The van der Waals surface area contributed by atoms with E-state index in [2.05, 4.69) is 5.32 Å². The minimum atomic E-state index is -1.05. The van der Waals surface area contributed by atoms with Crippen LogP contribution in [-0.4, -0.2) is 23.0 Å². The quantitative estimate of drug-likeness (QED) is 0.773. The number of hydrogen-bond acceptors (Lipinski definition) is 3. The number of amides is 1. The maximum atomic E-state index is 12.3. The van der Waals surface area contributed by atoms with Crippen LogP contribution in [0.15, 0.2) is 30.3 Å². The fourth-order valence-corrected chi connectivity index (χ4v) is 2.05. The fourth-order valence-electron chi connectivity index (χ4n) is 2.05. The molecule has 5 nitrogen and oxygen atoms in total. The van der Waals surface area contributed by atoms with E-state index in [0.717, 1.165) is 5.56 Å². The summed E-state index contributed by atoms with van der Waals surface area (Å²) in [6, 6.07) is 7.88. The summed E-state index contributed by atoms with van der Waals surface area (Å²) in [4.78, 5) is 23.6. The van der Waals surface area contributed by atoms with Crippen LogP contribution in [0.5, 0.6) is 0 Å². The van der Waals surface area contributed by atoms with Gasteiger partial charge in [0.2, 0.25) is 5.91 Å². The van der Waals surface area contributed by atoms with Crippen LogP contribution in [0.3, 0.4) is 0 Å². The van der Waals surface area contributed by atoms with E-state index in [9.17, 15) is 14.7 Å². The van der Waals surface area contributed by atoms with Crippen molar-refractivity contribution in [2.45, 2.75) is 39.8 Å². The molecule has 0 aliphatic carbocycles.